The summed E-state index contributed by atoms with van der Waals surface area (Å²) in [6.45, 7) is 1.11. The maximum atomic E-state index is 12.3. The zero-order chi connectivity index (χ0) is 14.3. The van der Waals surface area contributed by atoms with Crippen molar-refractivity contribution in [3.8, 4) is 5.75 Å². The van der Waals surface area contributed by atoms with Gasteiger partial charge >= 0.3 is 0 Å². The SMILES string of the molecule is COc1cccc2c1C(C[C@H]1CCCN1C)CS2(=O)=O. The standard InChI is InChI=1S/C15H21NO3S/c1-16-8-4-5-12(16)9-11-10-20(17,18)14-7-3-6-13(19-2)15(11)14/h3,6-7,11-12H,4-5,8-10H2,1-2H3/t11?,12-/m1/s1. The average Bonchev–Trinajstić information content (AvgIpc) is 2.93. The Morgan fingerprint density at radius 1 is 1.40 bits per heavy atom. The van der Waals surface area contributed by atoms with Gasteiger partial charge < -0.3 is 9.64 Å². The predicted molar refractivity (Wildman–Crippen MR) is 78.1 cm³/mol. The lowest BCUT2D eigenvalue weighted by molar-refractivity contribution is 0.284. The fraction of sp³-hybridized carbons (Fsp3) is 0.600. The molecule has 20 heavy (non-hydrogen) atoms. The van der Waals surface area contributed by atoms with Crippen LogP contribution in [0.4, 0.5) is 0 Å². The predicted octanol–water partition coefficient (Wildman–Crippen LogP) is 2.05. The largest absolute Gasteiger partial charge is 0.496 e. The van der Waals surface area contributed by atoms with Crippen LogP contribution in [-0.4, -0.2) is 45.8 Å². The Morgan fingerprint density at radius 2 is 2.20 bits per heavy atom. The molecule has 3 rings (SSSR count). The maximum Gasteiger partial charge on any atom is 0.179 e. The first kappa shape index (κ1) is 13.9. The highest BCUT2D eigenvalue weighted by molar-refractivity contribution is 7.91. The van der Waals surface area contributed by atoms with Crippen molar-refractivity contribution in [3.63, 3.8) is 0 Å². The molecule has 2 atom stereocenters. The third-order valence-electron chi connectivity index (χ3n) is 4.64. The van der Waals surface area contributed by atoms with E-state index in [1.165, 1.54) is 6.42 Å². The fourth-order valence-corrected chi connectivity index (χ4v) is 5.51. The highest BCUT2D eigenvalue weighted by Gasteiger charge is 2.39. The number of benzene rings is 1. The quantitative estimate of drug-likeness (QED) is 0.856. The third kappa shape index (κ3) is 2.23. The lowest BCUT2D eigenvalue weighted by Crippen LogP contribution is -2.27. The molecule has 0 N–H and O–H groups in total. The van der Waals surface area contributed by atoms with Gasteiger partial charge in [-0.25, -0.2) is 8.42 Å². The minimum atomic E-state index is -3.15. The van der Waals surface area contributed by atoms with E-state index in [1.54, 1.807) is 19.2 Å². The van der Waals surface area contributed by atoms with Gasteiger partial charge in [0.05, 0.1) is 17.8 Å². The van der Waals surface area contributed by atoms with Crippen LogP contribution >= 0.6 is 0 Å². The number of rotatable bonds is 3. The Morgan fingerprint density at radius 3 is 2.85 bits per heavy atom. The summed E-state index contributed by atoms with van der Waals surface area (Å²) in [5, 5.41) is 0. The van der Waals surface area contributed by atoms with E-state index in [-0.39, 0.29) is 11.7 Å². The van der Waals surface area contributed by atoms with Crippen LogP contribution in [0, 0.1) is 0 Å². The molecule has 0 aliphatic carbocycles. The van der Waals surface area contributed by atoms with Gasteiger partial charge in [-0.05, 0) is 45.0 Å². The monoisotopic (exact) mass is 295 g/mol. The molecule has 1 fully saturated rings. The molecule has 0 spiro atoms. The molecule has 0 aromatic heterocycles. The van der Waals surface area contributed by atoms with Crippen LogP contribution in [0.25, 0.3) is 0 Å². The molecule has 0 bridgehead atoms. The van der Waals surface area contributed by atoms with Crippen LogP contribution in [0.2, 0.25) is 0 Å². The number of nitrogens with zero attached hydrogens (tertiary/aromatic N) is 1. The van der Waals surface area contributed by atoms with Crippen molar-refractivity contribution >= 4 is 9.84 Å². The number of likely N-dealkylation sites (tertiary alicyclic amines) is 1. The van der Waals surface area contributed by atoms with Gasteiger partial charge in [0.15, 0.2) is 9.84 Å². The first-order chi connectivity index (χ1) is 9.53. The Hall–Kier alpha value is -1.07. The molecule has 0 amide bonds. The van der Waals surface area contributed by atoms with E-state index in [9.17, 15) is 8.42 Å². The zero-order valence-electron chi connectivity index (χ0n) is 12.0. The Labute approximate surface area is 120 Å². The van der Waals surface area contributed by atoms with Crippen LogP contribution in [-0.2, 0) is 9.84 Å². The smallest absolute Gasteiger partial charge is 0.179 e. The zero-order valence-corrected chi connectivity index (χ0v) is 12.8. The molecule has 0 radical (unpaired) electrons. The van der Waals surface area contributed by atoms with Crippen molar-refractivity contribution in [2.24, 2.45) is 0 Å². The van der Waals surface area contributed by atoms with Crippen LogP contribution < -0.4 is 4.74 Å². The summed E-state index contributed by atoms with van der Waals surface area (Å²) in [6, 6.07) is 5.83. The van der Waals surface area contributed by atoms with Crippen molar-refractivity contribution < 1.29 is 13.2 Å². The lowest BCUT2D eigenvalue weighted by Gasteiger charge is -2.23. The maximum absolute atomic E-state index is 12.3. The molecule has 2 heterocycles. The van der Waals surface area contributed by atoms with E-state index < -0.39 is 9.84 Å². The highest BCUT2D eigenvalue weighted by Crippen LogP contribution is 2.44. The number of sulfone groups is 1. The van der Waals surface area contributed by atoms with Gasteiger partial charge in [-0.15, -0.1) is 0 Å². The summed E-state index contributed by atoms with van der Waals surface area (Å²) in [7, 11) is 0.595. The van der Waals surface area contributed by atoms with Gasteiger partial charge in [0.2, 0.25) is 0 Å². The van der Waals surface area contributed by atoms with Gasteiger partial charge in [-0.2, -0.15) is 0 Å². The van der Waals surface area contributed by atoms with E-state index in [0.29, 0.717) is 16.7 Å². The van der Waals surface area contributed by atoms with Crippen molar-refractivity contribution in [2.75, 3.05) is 26.5 Å². The van der Waals surface area contributed by atoms with Gasteiger partial charge in [-0.1, -0.05) is 6.07 Å². The normalized spacial score (nSPS) is 28.5. The van der Waals surface area contributed by atoms with Crippen LogP contribution in [0.1, 0.15) is 30.7 Å². The fourth-order valence-electron chi connectivity index (χ4n) is 3.60. The van der Waals surface area contributed by atoms with E-state index in [4.69, 9.17) is 4.74 Å². The van der Waals surface area contributed by atoms with Gasteiger partial charge in [0.1, 0.15) is 5.75 Å². The van der Waals surface area contributed by atoms with E-state index in [1.807, 2.05) is 6.07 Å². The number of methoxy groups -OCH3 is 1. The van der Waals surface area contributed by atoms with E-state index in [0.717, 1.165) is 24.9 Å². The Balaban J connectivity index is 1.96. The van der Waals surface area contributed by atoms with Crippen LogP contribution in [0.3, 0.4) is 0 Å². The Kier molecular flexibility index (Phi) is 3.50. The highest BCUT2D eigenvalue weighted by atomic mass is 32.2. The first-order valence-corrected chi connectivity index (χ1v) is 8.78. The van der Waals surface area contributed by atoms with E-state index in [2.05, 4.69) is 11.9 Å². The third-order valence-corrected chi connectivity index (χ3v) is 6.51. The summed E-state index contributed by atoms with van der Waals surface area (Å²) in [5.74, 6) is 1.01. The summed E-state index contributed by atoms with van der Waals surface area (Å²) in [6.07, 6.45) is 3.28. The Bertz CT molecular complexity index is 612. The van der Waals surface area contributed by atoms with E-state index >= 15 is 0 Å². The number of hydrogen-bond donors (Lipinski definition) is 0. The van der Waals surface area contributed by atoms with Crippen molar-refractivity contribution in [2.45, 2.75) is 36.1 Å². The molecule has 2 aliphatic rings. The second-order valence-electron chi connectivity index (χ2n) is 5.86. The van der Waals surface area contributed by atoms with Crippen molar-refractivity contribution in [3.05, 3.63) is 23.8 Å². The summed E-state index contributed by atoms with van der Waals surface area (Å²) in [5.41, 5.74) is 0.898. The topological polar surface area (TPSA) is 46.6 Å². The summed E-state index contributed by atoms with van der Waals surface area (Å²) in [4.78, 5) is 2.82. The van der Waals surface area contributed by atoms with Crippen molar-refractivity contribution in [1.82, 2.24) is 4.90 Å². The summed E-state index contributed by atoms with van der Waals surface area (Å²) >= 11 is 0. The van der Waals surface area contributed by atoms with Gasteiger partial charge in [0, 0.05) is 17.5 Å². The number of fused-ring (bicyclic) bond motifs is 1. The molecule has 0 saturated carbocycles. The van der Waals surface area contributed by atoms with Crippen LogP contribution in [0.15, 0.2) is 23.1 Å². The molecule has 110 valence electrons. The summed E-state index contributed by atoms with van der Waals surface area (Å²) < 4.78 is 30.0. The van der Waals surface area contributed by atoms with Crippen molar-refractivity contribution in [1.29, 1.82) is 0 Å². The molecular formula is C15H21NO3S. The molecule has 1 aromatic carbocycles. The molecule has 1 saturated heterocycles. The van der Waals surface area contributed by atoms with Gasteiger partial charge in [-0.3, -0.25) is 0 Å². The number of ether oxygens (including phenoxy) is 1. The molecule has 2 aliphatic heterocycles. The second-order valence-corrected chi connectivity index (χ2v) is 7.87. The number of hydrogen-bond acceptors (Lipinski definition) is 4. The molecular weight excluding hydrogens is 274 g/mol. The minimum absolute atomic E-state index is 0.0664. The van der Waals surface area contributed by atoms with Crippen LogP contribution in [0.5, 0.6) is 5.75 Å². The average molecular weight is 295 g/mol. The molecule has 1 unspecified atom stereocenters. The minimum Gasteiger partial charge on any atom is -0.496 e. The van der Waals surface area contributed by atoms with Gasteiger partial charge in [0.25, 0.3) is 0 Å². The molecule has 1 aromatic rings. The first-order valence-electron chi connectivity index (χ1n) is 7.13. The second kappa shape index (κ2) is 5.04. The molecule has 5 heteroatoms. The molecule has 4 nitrogen and oxygen atoms in total. The lowest BCUT2D eigenvalue weighted by atomic mass is 9.92.